The highest BCUT2D eigenvalue weighted by atomic mass is 16.5. The lowest BCUT2D eigenvalue weighted by Crippen LogP contribution is -2.41. The third-order valence-corrected chi connectivity index (χ3v) is 7.48. The number of benzene rings is 2. The van der Waals surface area contributed by atoms with E-state index in [-0.39, 0.29) is 11.9 Å². The molecule has 6 aromatic rings. The number of methoxy groups -OCH3 is 1. The standard InChI is InChI=1S/C30H28N8O4/c1-40-15-16-42-23-10-5-9-19-12-13-36(18-22(19)23)29(39)25(20-7-3-2-4-8-20)37-28-21(17-32-37)27-33-26(24-11-6-14-41-24)35-38(27)30(31)34-28/h2-11,14,17,25H,12-13,15-16,18H2,1H3,(H2,31,34). The molecule has 212 valence electrons. The quantitative estimate of drug-likeness (QED) is 0.275. The topological polar surface area (TPSA) is 139 Å². The summed E-state index contributed by atoms with van der Waals surface area (Å²) in [5.74, 6) is 1.65. The molecule has 0 aliphatic carbocycles. The molecule has 0 radical (unpaired) electrons. The molecular formula is C30H28N8O4. The van der Waals surface area contributed by atoms with Gasteiger partial charge in [-0.2, -0.15) is 14.6 Å². The average molecular weight is 565 g/mol. The molecule has 1 amide bonds. The van der Waals surface area contributed by atoms with Gasteiger partial charge in [0.05, 0.1) is 24.5 Å². The Morgan fingerprint density at radius 1 is 1.05 bits per heavy atom. The number of anilines is 1. The van der Waals surface area contributed by atoms with Gasteiger partial charge in [-0.1, -0.05) is 42.5 Å². The summed E-state index contributed by atoms with van der Waals surface area (Å²) in [5, 5.41) is 9.76. The molecule has 0 bridgehead atoms. The number of furan rings is 1. The van der Waals surface area contributed by atoms with E-state index in [0.29, 0.717) is 61.0 Å². The maximum atomic E-state index is 14.4. The zero-order valence-electron chi connectivity index (χ0n) is 22.9. The maximum absolute atomic E-state index is 14.4. The largest absolute Gasteiger partial charge is 0.491 e. The zero-order valence-corrected chi connectivity index (χ0v) is 22.9. The highest BCUT2D eigenvalue weighted by Crippen LogP contribution is 2.32. The van der Waals surface area contributed by atoms with Gasteiger partial charge < -0.3 is 24.5 Å². The van der Waals surface area contributed by atoms with Gasteiger partial charge in [0, 0.05) is 25.8 Å². The van der Waals surface area contributed by atoms with Gasteiger partial charge in [-0.25, -0.2) is 9.67 Å². The SMILES string of the molecule is COCCOc1cccc2c1CN(C(=O)C(c1ccccc1)n1ncc3c1nc(N)n1nc(-c4ccco4)nc31)CC2. The van der Waals surface area contributed by atoms with E-state index < -0.39 is 6.04 Å². The van der Waals surface area contributed by atoms with Gasteiger partial charge in [0.2, 0.25) is 11.8 Å². The number of nitrogens with two attached hydrogens (primary N) is 1. The first-order valence-corrected chi connectivity index (χ1v) is 13.6. The van der Waals surface area contributed by atoms with Crippen LogP contribution in [0.15, 0.2) is 77.5 Å². The number of hydrogen-bond acceptors (Lipinski definition) is 9. The lowest BCUT2D eigenvalue weighted by molar-refractivity contribution is -0.134. The third kappa shape index (κ3) is 4.41. The molecule has 7 rings (SSSR count). The molecule has 1 unspecified atom stereocenters. The number of nitrogen functional groups attached to an aromatic ring is 1. The minimum atomic E-state index is -0.784. The van der Waals surface area contributed by atoms with E-state index >= 15 is 0 Å². The summed E-state index contributed by atoms with van der Waals surface area (Å²) in [7, 11) is 1.64. The fourth-order valence-electron chi connectivity index (χ4n) is 5.43. The second kappa shape index (κ2) is 10.6. The van der Waals surface area contributed by atoms with Gasteiger partial charge in [0.25, 0.3) is 5.91 Å². The van der Waals surface area contributed by atoms with Crippen molar-refractivity contribution in [3.05, 3.63) is 89.8 Å². The van der Waals surface area contributed by atoms with Crippen molar-refractivity contribution in [2.45, 2.75) is 19.0 Å². The number of aromatic nitrogens is 6. The number of rotatable bonds is 8. The molecule has 1 aliphatic heterocycles. The minimum Gasteiger partial charge on any atom is -0.491 e. The fourth-order valence-corrected chi connectivity index (χ4v) is 5.43. The summed E-state index contributed by atoms with van der Waals surface area (Å²) >= 11 is 0. The van der Waals surface area contributed by atoms with Gasteiger partial charge in [-0.3, -0.25) is 4.79 Å². The summed E-state index contributed by atoms with van der Waals surface area (Å²) in [6.07, 6.45) is 3.92. The maximum Gasteiger partial charge on any atom is 0.252 e. The summed E-state index contributed by atoms with van der Waals surface area (Å²) in [4.78, 5) is 25.6. The van der Waals surface area contributed by atoms with Crippen LogP contribution in [0, 0.1) is 0 Å². The molecule has 2 N–H and O–H groups in total. The Hall–Kier alpha value is -5.23. The predicted molar refractivity (Wildman–Crippen MR) is 154 cm³/mol. The molecule has 0 saturated carbocycles. The van der Waals surface area contributed by atoms with E-state index in [1.54, 1.807) is 36.4 Å². The Labute approximate surface area is 240 Å². The van der Waals surface area contributed by atoms with E-state index in [0.717, 1.165) is 16.9 Å². The normalized spacial score (nSPS) is 13.9. The van der Waals surface area contributed by atoms with E-state index in [2.05, 4.69) is 26.2 Å². The smallest absolute Gasteiger partial charge is 0.252 e. The van der Waals surface area contributed by atoms with Crippen molar-refractivity contribution in [3.63, 3.8) is 0 Å². The molecule has 12 nitrogen and oxygen atoms in total. The first-order chi connectivity index (χ1) is 20.6. The minimum absolute atomic E-state index is 0.110. The average Bonchev–Trinajstić information content (AvgIpc) is 3.79. The van der Waals surface area contributed by atoms with Crippen LogP contribution in [-0.2, 0) is 22.5 Å². The van der Waals surface area contributed by atoms with Crippen molar-refractivity contribution in [3.8, 4) is 17.3 Å². The van der Waals surface area contributed by atoms with Crippen LogP contribution in [0.4, 0.5) is 5.95 Å². The lowest BCUT2D eigenvalue weighted by atomic mass is 9.97. The van der Waals surface area contributed by atoms with Crippen molar-refractivity contribution in [2.75, 3.05) is 32.6 Å². The Kier molecular flexibility index (Phi) is 6.51. The first-order valence-electron chi connectivity index (χ1n) is 13.6. The van der Waals surface area contributed by atoms with Crippen LogP contribution in [0.3, 0.4) is 0 Å². The Bertz CT molecular complexity index is 1880. The van der Waals surface area contributed by atoms with Crippen LogP contribution < -0.4 is 10.5 Å². The van der Waals surface area contributed by atoms with Gasteiger partial charge >= 0.3 is 0 Å². The Balaban J connectivity index is 1.29. The van der Waals surface area contributed by atoms with Crippen LogP contribution >= 0.6 is 0 Å². The van der Waals surface area contributed by atoms with Crippen LogP contribution in [0.25, 0.3) is 28.3 Å². The van der Waals surface area contributed by atoms with Crippen molar-refractivity contribution in [1.29, 1.82) is 0 Å². The van der Waals surface area contributed by atoms with E-state index in [4.69, 9.17) is 19.6 Å². The molecule has 4 aromatic heterocycles. The number of nitrogens with zero attached hydrogens (tertiary/aromatic N) is 7. The second-order valence-electron chi connectivity index (χ2n) is 10.0. The summed E-state index contributed by atoms with van der Waals surface area (Å²) in [5.41, 5.74) is 10.2. The number of fused-ring (bicyclic) bond motifs is 4. The molecule has 1 atom stereocenters. The molecule has 0 fully saturated rings. The van der Waals surface area contributed by atoms with Gasteiger partial charge in [-0.15, -0.1) is 5.10 Å². The lowest BCUT2D eigenvalue weighted by Gasteiger charge is -2.33. The van der Waals surface area contributed by atoms with Gasteiger partial charge in [-0.05, 0) is 35.7 Å². The van der Waals surface area contributed by atoms with E-state index in [1.165, 1.54) is 10.1 Å². The Morgan fingerprint density at radius 3 is 2.74 bits per heavy atom. The molecular weight excluding hydrogens is 536 g/mol. The van der Waals surface area contributed by atoms with Crippen molar-refractivity contribution < 1.29 is 18.7 Å². The summed E-state index contributed by atoms with van der Waals surface area (Å²) in [6, 6.07) is 18.3. The van der Waals surface area contributed by atoms with Crippen LogP contribution in [0.2, 0.25) is 0 Å². The zero-order chi connectivity index (χ0) is 28.6. The first kappa shape index (κ1) is 25.7. The monoisotopic (exact) mass is 564 g/mol. The molecule has 42 heavy (non-hydrogen) atoms. The molecule has 1 aliphatic rings. The van der Waals surface area contributed by atoms with E-state index in [9.17, 15) is 4.79 Å². The van der Waals surface area contributed by atoms with Gasteiger partial charge in [0.15, 0.2) is 23.1 Å². The van der Waals surface area contributed by atoms with Crippen LogP contribution in [0.1, 0.15) is 22.7 Å². The molecule has 0 saturated heterocycles. The number of carbonyl (C=O) groups excluding carboxylic acids is 1. The van der Waals surface area contributed by atoms with Crippen molar-refractivity contribution in [1.82, 2.24) is 34.3 Å². The summed E-state index contributed by atoms with van der Waals surface area (Å²) < 4.78 is 19.7. The molecule has 5 heterocycles. The number of carbonyl (C=O) groups is 1. The molecule has 2 aromatic carbocycles. The van der Waals surface area contributed by atoms with Crippen LogP contribution in [0.5, 0.6) is 5.75 Å². The van der Waals surface area contributed by atoms with Crippen molar-refractivity contribution >= 4 is 28.5 Å². The highest BCUT2D eigenvalue weighted by Gasteiger charge is 2.33. The highest BCUT2D eigenvalue weighted by molar-refractivity contribution is 5.92. The number of ether oxygens (including phenoxy) is 2. The number of amides is 1. The van der Waals surface area contributed by atoms with Crippen LogP contribution in [-0.4, -0.2) is 67.0 Å². The van der Waals surface area contributed by atoms with E-state index in [1.807, 2.05) is 47.4 Å². The third-order valence-electron chi connectivity index (χ3n) is 7.48. The predicted octanol–water partition coefficient (Wildman–Crippen LogP) is 3.52. The second-order valence-corrected chi connectivity index (χ2v) is 10.0. The number of hydrogen-bond donors (Lipinski definition) is 1. The molecule has 0 spiro atoms. The van der Waals surface area contributed by atoms with Crippen molar-refractivity contribution in [2.24, 2.45) is 0 Å². The fraction of sp³-hybridized carbons (Fsp3) is 0.233. The summed E-state index contributed by atoms with van der Waals surface area (Å²) in [6.45, 7) is 1.88. The van der Waals surface area contributed by atoms with Gasteiger partial charge in [0.1, 0.15) is 12.4 Å². The Morgan fingerprint density at radius 2 is 1.93 bits per heavy atom. The molecule has 12 heteroatoms.